The van der Waals surface area contributed by atoms with Gasteiger partial charge in [-0.25, -0.2) is 0 Å². The van der Waals surface area contributed by atoms with Crippen LogP contribution in [0.15, 0.2) is 12.1 Å². The first-order valence-corrected chi connectivity index (χ1v) is 4.07. The highest BCUT2D eigenvalue weighted by Gasteiger charge is 2.05. The highest BCUT2D eigenvalue weighted by atomic mass is 35.5. The van der Waals surface area contributed by atoms with E-state index in [4.69, 9.17) is 28.9 Å². The Morgan fingerprint density at radius 3 is 2.25 bits per heavy atom. The Bertz CT molecular complexity index is 289. The minimum atomic E-state index is 0.220. The van der Waals surface area contributed by atoms with Crippen LogP contribution in [0.5, 0.6) is 0 Å². The van der Waals surface area contributed by atoms with Crippen molar-refractivity contribution in [1.29, 1.82) is 0 Å². The Morgan fingerprint density at radius 1 is 1.33 bits per heavy atom. The molecule has 0 aliphatic carbocycles. The maximum atomic E-state index is 10.2. The van der Waals surface area contributed by atoms with Crippen molar-refractivity contribution in [3.05, 3.63) is 27.7 Å². The van der Waals surface area contributed by atoms with E-state index in [1.165, 1.54) is 0 Å². The predicted molar refractivity (Wildman–Crippen MR) is 50.6 cm³/mol. The number of hydrogen-bond donors (Lipinski definition) is 1. The van der Waals surface area contributed by atoms with Crippen LogP contribution < -0.4 is 5.73 Å². The van der Waals surface area contributed by atoms with Crippen molar-refractivity contribution in [2.75, 3.05) is 5.73 Å². The molecule has 0 aliphatic rings. The molecule has 0 saturated carbocycles. The first kappa shape index (κ1) is 9.36. The maximum Gasteiger partial charge on any atom is 0.124 e. The van der Waals surface area contributed by atoms with Crippen LogP contribution in [-0.4, -0.2) is 6.29 Å². The lowest BCUT2D eigenvalue weighted by atomic mass is 10.1. The number of rotatable bonds is 2. The third-order valence-corrected chi connectivity index (χ3v) is 2.13. The molecule has 0 spiro atoms. The number of benzene rings is 1. The molecule has 64 valence electrons. The van der Waals surface area contributed by atoms with Gasteiger partial charge < -0.3 is 10.5 Å². The Balaban J connectivity index is 3.18. The molecule has 0 unspecified atom stereocenters. The third-order valence-electron chi connectivity index (χ3n) is 1.45. The molecule has 1 aromatic rings. The average molecular weight is 204 g/mol. The summed E-state index contributed by atoms with van der Waals surface area (Å²) in [6.07, 6.45) is 0.973. The fraction of sp³-hybridized carbons (Fsp3) is 0.125. The summed E-state index contributed by atoms with van der Waals surface area (Å²) < 4.78 is 0. The molecular formula is C8H7Cl2NO. The Labute approximate surface area is 80.3 Å². The van der Waals surface area contributed by atoms with Crippen LogP contribution in [0.1, 0.15) is 5.56 Å². The number of anilines is 1. The van der Waals surface area contributed by atoms with E-state index in [1.807, 2.05) is 0 Å². The van der Waals surface area contributed by atoms with Crippen LogP contribution in [-0.2, 0) is 11.2 Å². The summed E-state index contributed by atoms with van der Waals surface area (Å²) in [6, 6.07) is 3.15. The van der Waals surface area contributed by atoms with Crippen LogP contribution in [0.2, 0.25) is 10.0 Å². The molecule has 2 N–H and O–H groups in total. The summed E-state index contributed by atoms with van der Waals surface area (Å²) in [5.74, 6) is 0. The van der Waals surface area contributed by atoms with Gasteiger partial charge in [0.2, 0.25) is 0 Å². The van der Waals surface area contributed by atoms with Crippen molar-refractivity contribution in [2.24, 2.45) is 0 Å². The largest absolute Gasteiger partial charge is 0.399 e. The molecule has 0 saturated heterocycles. The standard InChI is InChI=1S/C8H7Cl2NO/c9-7-3-5(11)4-8(10)6(7)1-2-12/h2-4H,1,11H2. The van der Waals surface area contributed by atoms with Crippen LogP contribution in [0, 0.1) is 0 Å². The zero-order valence-electron chi connectivity index (χ0n) is 6.18. The second-order valence-corrected chi connectivity index (χ2v) is 3.15. The van der Waals surface area contributed by atoms with Gasteiger partial charge in [-0.2, -0.15) is 0 Å². The summed E-state index contributed by atoms with van der Waals surface area (Å²) in [4.78, 5) is 10.2. The number of halogens is 2. The topological polar surface area (TPSA) is 43.1 Å². The van der Waals surface area contributed by atoms with Crippen molar-refractivity contribution in [1.82, 2.24) is 0 Å². The first-order valence-electron chi connectivity index (χ1n) is 3.32. The smallest absolute Gasteiger partial charge is 0.124 e. The summed E-state index contributed by atoms with van der Waals surface area (Å²) in [5.41, 5.74) is 6.59. The van der Waals surface area contributed by atoms with E-state index in [-0.39, 0.29) is 6.42 Å². The van der Waals surface area contributed by atoms with E-state index in [9.17, 15) is 4.79 Å². The monoisotopic (exact) mass is 203 g/mol. The lowest BCUT2D eigenvalue weighted by Gasteiger charge is -2.03. The third kappa shape index (κ3) is 1.90. The van der Waals surface area contributed by atoms with E-state index in [1.54, 1.807) is 12.1 Å². The second kappa shape index (κ2) is 3.78. The minimum absolute atomic E-state index is 0.220. The molecule has 0 bridgehead atoms. The predicted octanol–water partition coefficient (Wildman–Crippen LogP) is 2.32. The average Bonchev–Trinajstić information content (AvgIpc) is 1.96. The molecule has 1 rings (SSSR count). The minimum Gasteiger partial charge on any atom is -0.399 e. The van der Waals surface area contributed by atoms with Crippen LogP contribution >= 0.6 is 23.2 Å². The fourth-order valence-corrected chi connectivity index (χ4v) is 1.56. The normalized spacial score (nSPS) is 9.83. The second-order valence-electron chi connectivity index (χ2n) is 2.33. The molecule has 1 aromatic carbocycles. The van der Waals surface area contributed by atoms with Gasteiger partial charge in [-0.15, -0.1) is 0 Å². The van der Waals surface area contributed by atoms with Gasteiger partial charge in [-0.05, 0) is 17.7 Å². The molecular weight excluding hydrogens is 197 g/mol. The van der Waals surface area contributed by atoms with Gasteiger partial charge >= 0.3 is 0 Å². The fourth-order valence-electron chi connectivity index (χ4n) is 0.901. The molecule has 0 radical (unpaired) electrons. The number of nitrogen functional groups attached to an aromatic ring is 1. The number of hydrogen-bond acceptors (Lipinski definition) is 2. The number of aldehydes is 1. The zero-order chi connectivity index (χ0) is 9.14. The quantitative estimate of drug-likeness (QED) is 0.593. The lowest BCUT2D eigenvalue weighted by molar-refractivity contribution is -0.107. The van der Waals surface area contributed by atoms with Gasteiger partial charge in [0.15, 0.2) is 0 Å². The van der Waals surface area contributed by atoms with Gasteiger partial charge in [0, 0.05) is 22.2 Å². The molecule has 0 fully saturated rings. The molecule has 0 heterocycles. The molecule has 4 heteroatoms. The van der Waals surface area contributed by atoms with Crippen LogP contribution in [0.3, 0.4) is 0 Å². The van der Waals surface area contributed by atoms with Crippen LogP contribution in [0.25, 0.3) is 0 Å². The van der Waals surface area contributed by atoms with Crippen LogP contribution in [0.4, 0.5) is 5.69 Å². The molecule has 0 aliphatic heterocycles. The van der Waals surface area contributed by atoms with E-state index < -0.39 is 0 Å². The van der Waals surface area contributed by atoms with Crippen molar-refractivity contribution >= 4 is 35.2 Å². The summed E-state index contributed by atoms with van der Waals surface area (Å²) in [6.45, 7) is 0. The molecule has 12 heavy (non-hydrogen) atoms. The number of carbonyl (C=O) groups is 1. The maximum absolute atomic E-state index is 10.2. The SMILES string of the molecule is Nc1cc(Cl)c(CC=O)c(Cl)c1. The van der Waals surface area contributed by atoms with E-state index in [0.29, 0.717) is 21.3 Å². The summed E-state index contributed by atoms with van der Waals surface area (Å²) in [7, 11) is 0. The summed E-state index contributed by atoms with van der Waals surface area (Å²) >= 11 is 11.6. The molecule has 0 aromatic heterocycles. The molecule has 0 amide bonds. The molecule has 0 atom stereocenters. The Hall–Kier alpha value is -0.730. The number of nitrogens with two attached hydrogens (primary N) is 1. The van der Waals surface area contributed by atoms with Gasteiger partial charge in [0.1, 0.15) is 6.29 Å². The van der Waals surface area contributed by atoms with Crippen molar-refractivity contribution in [2.45, 2.75) is 6.42 Å². The van der Waals surface area contributed by atoms with Gasteiger partial charge in [-0.3, -0.25) is 0 Å². The highest BCUT2D eigenvalue weighted by molar-refractivity contribution is 6.36. The van der Waals surface area contributed by atoms with E-state index >= 15 is 0 Å². The zero-order valence-corrected chi connectivity index (χ0v) is 7.69. The van der Waals surface area contributed by atoms with Gasteiger partial charge in [-0.1, -0.05) is 23.2 Å². The highest BCUT2D eigenvalue weighted by Crippen LogP contribution is 2.27. The first-order chi connectivity index (χ1) is 5.65. The Kier molecular flexibility index (Phi) is 2.95. The Morgan fingerprint density at radius 2 is 1.83 bits per heavy atom. The van der Waals surface area contributed by atoms with E-state index in [2.05, 4.69) is 0 Å². The van der Waals surface area contributed by atoms with Gasteiger partial charge in [0.25, 0.3) is 0 Å². The van der Waals surface area contributed by atoms with E-state index in [0.717, 1.165) is 6.29 Å². The van der Waals surface area contributed by atoms with Crippen molar-refractivity contribution in [3.63, 3.8) is 0 Å². The summed E-state index contributed by atoms with van der Waals surface area (Å²) in [5, 5.41) is 0.874. The lowest BCUT2D eigenvalue weighted by Crippen LogP contribution is -1.92. The van der Waals surface area contributed by atoms with Crippen molar-refractivity contribution < 1.29 is 4.79 Å². The van der Waals surface area contributed by atoms with Gasteiger partial charge in [0.05, 0.1) is 0 Å². The number of carbonyl (C=O) groups excluding carboxylic acids is 1. The molecule has 2 nitrogen and oxygen atoms in total. The van der Waals surface area contributed by atoms with Crippen molar-refractivity contribution in [3.8, 4) is 0 Å².